The van der Waals surface area contributed by atoms with E-state index in [1.54, 1.807) is 6.08 Å². The third-order valence-corrected chi connectivity index (χ3v) is 5.62. The number of carbonyl (C=O) groups is 2. The zero-order valence-corrected chi connectivity index (χ0v) is 16.9. The molecule has 1 N–H and O–H groups in total. The maximum absolute atomic E-state index is 12.5. The van der Waals surface area contributed by atoms with Crippen molar-refractivity contribution in [2.24, 2.45) is 0 Å². The molecule has 148 valence electrons. The Morgan fingerprint density at radius 1 is 1.10 bits per heavy atom. The monoisotopic (exact) mass is 388 g/mol. The minimum atomic E-state index is -0.413. The van der Waals surface area contributed by atoms with E-state index in [0.717, 1.165) is 27.9 Å². The number of nitrogens with one attached hydrogen (secondary N) is 1. The number of nitrogens with zero attached hydrogens (tertiary/aromatic N) is 1. The highest BCUT2D eigenvalue weighted by Crippen LogP contribution is 2.46. The van der Waals surface area contributed by atoms with Crippen LogP contribution in [0.4, 0.5) is 5.69 Å². The molecular formula is C24H24N2O3. The molecule has 0 amide bonds. The number of ether oxygens (including phenoxy) is 1. The second-order valence-electron chi connectivity index (χ2n) is 7.89. The van der Waals surface area contributed by atoms with Crippen LogP contribution in [-0.2, 0) is 26.2 Å². The first-order valence-corrected chi connectivity index (χ1v) is 9.67. The number of hydrogen-bond acceptors (Lipinski definition) is 4. The molecule has 4 rings (SSSR count). The lowest BCUT2D eigenvalue weighted by Gasteiger charge is -2.23. The van der Waals surface area contributed by atoms with Gasteiger partial charge in [0.25, 0.3) is 0 Å². The van der Waals surface area contributed by atoms with Crippen molar-refractivity contribution in [2.75, 3.05) is 18.6 Å². The van der Waals surface area contributed by atoms with Gasteiger partial charge in [-0.3, -0.25) is 9.59 Å². The molecule has 0 saturated carbocycles. The van der Waals surface area contributed by atoms with Crippen LogP contribution in [-0.4, -0.2) is 30.4 Å². The molecule has 0 fully saturated rings. The third kappa shape index (κ3) is 3.44. The number of allylic oxidation sites excluding steroid dienone is 1. The summed E-state index contributed by atoms with van der Waals surface area (Å²) in [4.78, 5) is 29.9. The Bertz CT molecular complexity index is 1120. The number of rotatable bonds is 5. The zero-order chi connectivity index (χ0) is 20.6. The summed E-state index contributed by atoms with van der Waals surface area (Å²) in [5.41, 5.74) is 4.72. The molecule has 2 heterocycles. The second kappa shape index (κ2) is 7.24. The number of esters is 1. The Kier molecular flexibility index (Phi) is 4.74. The van der Waals surface area contributed by atoms with Crippen molar-refractivity contribution in [1.29, 1.82) is 0 Å². The standard InChI is InChI=1S/C24H24N2O3/c1-24(2)19-9-5-7-11-21(19)26(3)22(24)13-17(27)15-29-23(28)12-16-14-25-20-10-6-4-8-18(16)20/h4-11,13-14,25H,12,15H2,1-3H3/b22-13-. The number of carbonyl (C=O) groups excluding carboxylic acids is 2. The topological polar surface area (TPSA) is 62.4 Å². The lowest BCUT2D eigenvalue weighted by Crippen LogP contribution is -2.25. The first-order valence-electron chi connectivity index (χ1n) is 9.67. The van der Waals surface area contributed by atoms with E-state index in [1.165, 1.54) is 5.56 Å². The van der Waals surface area contributed by atoms with Crippen molar-refractivity contribution in [3.63, 3.8) is 0 Å². The van der Waals surface area contributed by atoms with Crippen molar-refractivity contribution in [3.05, 3.63) is 77.6 Å². The van der Waals surface area contributed by atoms with Gasteiger partial charge in [-0.1, -0.05) is 50.2 Å². The van der Waals surface area contributed by atoms with Crippen LogP contribution in [0.5, 0.6) is 0 Å². The van der Waals surface area contributed by atoms with Gasteiger partial charge in [-0.25, -0.2) is 0 Å². The third-order valence-electron chi connectivity index (χ3n) is 5.62. The smallest absolute Gasteiger partial charge is 0.310 e. The van der Waals surface area contributed by atoms with Gasteiger partial charge in [0.15, 0.2) is 12.4 Å². The van der Waals surface area contributed by atoms with Gasteiger partial charge in [0.05, 0.1) is 6.42 Å². The largest absolute Gasteiger partial charge is 0.457 e. The molecular weight excluding hydrogens is 364 g/mol. The van der Waals surface area contributed by atoms with Crippen molar-refractivity contribution < 1.29 is 14.3 Å². The number of ketones is 1. The predicted molar refractivity (Wildman–Crippen MR) is 114 cm³/mol. The van der Waals surface area contributed by atoms with Crippen LogP contribution in [0.15, 0.2) is 66.5 Å². The number of anilines is 1. The van der Waals surface area contributed by atoms with Crippen molar-refractivity contribution >= 4 is 28.3 Å². The molecule has 1 aromatic heterocycles. The fraction of sp³-hybridized carbons (Fsp3) is 0.250. The molecule has 0 saturated heterocycles. The SMILES string of the molecule is CN1/C(=C\C(=O)COC(=O)Cc2c[nH]c3ccccc23)C(C)(C)c2ccccc21. The number of H-pyrrole nitrogens is 1. The number of hydrogen-bond donors (Lipinski definition) is 1. The van der Waals surface area contributed by atoms with Crippen LogP contribution in [0.2, 0.25) is 0 Å². The van der Waals surface area contributed by atoms with Crippen LogP contribution in [0.1, 0.15) is 25.0 Å². The molecule has 0 aliphatic carbocycles. The number of benzene rings is 2. The minimum absolute atomic E-state index is 0.130. The number of aromatic nitrogens is 1. The summed E-state index contributed by atoms with van der Waals surface area (Å²) in [6, 6.07) is 15.9. The van der Waals surface area contributed by atoms with Gasteiger partial charge >= 0.3 is 5.97 Å². The predicted octanol–water partition coefficient (Wildman–Crippen LogP) is 4.13. The van der Waals surface area contributed by atoms with Gasteiger partial charge in [-0.05, 0) is 23.3 Å². The van der Waals surface area contributed by atoms with E-state index in [9.17, 15) is 9.59 Å². The molecule has 0 atom stereocenters. The number of fused-ring (bicyclic) bond motifs is 2. The maximum Gasteiger partial charge on any atom is 0.310 e. The van der Waals surface area contributed by atoms with E-state index in [4.69, 9.17) is 4.74 Å². The van der Waals surface area contributed by atoms with Crippen molar-refractivity contribution in [2.45, 2.75) is 25.7 Å². The normalized spacial score (nSPS) is 16.2. The number of likely N-dealkylation sites (N-methyl/N-ethyl adjacent to an activating group) is 1. The average molecular weight is 388 g/mol. The van der Waals surface area contributed by atoms with E-state index in [-0.39, 0.29) is 24.2 Å². The lowest BCUT2D eigenvalue weighted by atomic mass is 9.83. The second-order valence-corrected chi connectivity index (χ2v) is 7.89. The summed E-state index contributed by atoms with van der Waals surface area (Å²) in [6.45, 7) is 3.93. The molecule has 29 heavy (non-hydrogen) atoms. The van der Waals surface area contributed by atoms with E-state index in [0.29, 0.717) is 0 Å². The molecule has 5 nitrogen and oxygen atoms in total. The average Bonchev–Trinajstić information content (AvgIpc) is 3.20. The van der Waals surface area contributed by atoms with E-state index in [1.807, 2.05) is 60.6 Å². The van der Waals surface area contributed by atoms with Gasteiger partial charge in [0.2, 0.25) is 0 Å². The molecule has 3 aromatic rings. The Balaban J connectivity index is 1.42. The first kappa shape index (κ1) is 19.0. The molecule has 1 aliphatic rings. The van der Waals surface area contributed by atoms with Crippen LogP contribution < -0.4 is 4.90 Å². The Labute approximate surface area is 170 Å². The molecule has 0 bridgehead atoms. The highest BCUT2D eigenvalue weighted by Gasteiger charge is 2.38. The summed E-state index contributed by atoms with van der Waals surface area (Å²) in [7, 11) is 1.95. The Morgan fingerprint density at radius 2 is 1.83 bits per heavy atom. The van der Waals surface area contributed by atoms with Gasteiger partial charge in [0, 0.05) is 47.0 Å². The fourth-order valence-corrected chi connectivity index (χ4v) is 4.09. The molecule has 0 unspecified atom stereocenters. The highest BCUT2D eigenvalue weighted by atomic mass is 16.5. The lowest BCUT2D eigenvalue weighted by molar-refractivity contribution is -0.146. The Morgan fingerprint density at radius 3 is 2.62 bits per heavy atom. The van der Waals surface area contributed by atoms with Gasteiger partial charge in [-0.2, -0.15) is 0 Å². The summed E-state index contributed by atoms with van der Waals surface area (Å²) < 4.78 is 5.25. The molecule has 0 spiro atoms. The van der Waals surface area contributed by atoms with E-state index in [2.05, 4.69) is 24.9 Å². The fourth-order valence-electron chi connectivity index (χ4n) is 4.09. The van der Waals surface area contributed by atoms with Gasteiger partial charge < -0.3 is 14.6 Å². The van der Waals surface area contributed by atoms with E-state index >= 15 is 0 Å². The van der Waals surface area contributed by atoms with Gasteiger partial charge in [-0.15, -0.1) is 0 Å². The van der Waals surface area contributed by atoms with Crippen LogP contribution in [0.25, 0.3) is 10.9 Å². The summed E-state index contributed by atoms with van der Waals surface area (Å²) in [6.07, 6.45) is 3.53. The van der Waals surface area contributed by atoms with E-state index < -0.39 is 5.97 Å². The molecule has 0 radical (unpaired) electrons. The molecule has 1 aliphatic heterocycles. The van der Waals surface area contributed by atoms with Crippen molar-refractivity contribution in [3.8, 4) is 0 Å². The van der Waals surface area contributed by atoms with Crippen LogP contribution >= 0.6 is 0 Å². The first-order chi connectivity index (χ1) is 13.9. The molecule has 2 aromatic carbocycles. The number of aromatic amines is 1. The Hall–Kier alpha value is -3.34. The van der Waals surface area contributed by atoms with Crippen LogP contribution in [0, 0.1) is 0 Å². The molecule has 5 heteroatoms. The van der Waals surface area contributed by atoms with Crippen molar-refractivity contribution in [1.82, 2.24) is 4.98 Å². The summed E-state index contributed by atoms with van der Waals surface area (Å²) in [5, 5.41) is 0.991. The van der Waals surface area contributed by atoms with Gasteiger partial charge in [0.1, 0.15) is 0 Å². The maximum atomic E-state index is 12.5. The quantitative estimate of drug-likeness (QED) is 0.527. The highest BCUT2D eigenvalue weighted by molar-refractivity contribution is 5.95. The minimum Gasteiger partial charge on any atom is -0.457 e. The number of para-hydroxylation sites is 2. The van der Waals surface area contributed by atoms with Crippen LogP contribution in [0.3, 0.4) is 0 Å². The zero-order valence-electron chi connectivity index (χ0n) is 16.9. The summed E-state index contributed by atoms with van der Waals surface area (Å²) in [5.74, 6) is -0.635. The summed E-state index contributed by atoms with van der Waals surface area (Å²) >= 11 is 0.